The minimum absolute atomic E-state index is 0.432. The van der Waals surface area contributed by atoms with E-state index in [1.54, 1.807) is 23.5 Å². The Morgan fingerprint density at radius 2 is 1.88 bits per heavy atom. The van der Waals surface area contributed by atoms with E-state index in [1.807, 2.05) is 26.0 Å². The predicted octanol–water partition coefficient (Wildman–Crippen LogP) is 3.81. The van der Waals surface area contributed by atoms with Crippen LogP contribution in [0.1, 0.15) is 20.9 Å². The molecule has 0 radical (unpaired) electrons. The molecule has 2 nitrogen and oxygen atoms in total. The summed E-state index contributed by atoms with van der Waals surface area (Å²) in [6.07, 6.45) is 0. The predicted molar refractivity (Wildman–Crippen MR) is 67.2 cm³/mol. The van der Waals surface area contributed by atoms with Gasteiger partial charge in [-0.3, -0.25) is 4.79 Å². The van der Waals surface area contributed by atoms with Crippen LogP contribution >= 0.6 is 22.9 Å². The summed E-state index contributed by atoms with van der Waals surface area (Å²) in [6.45, 7) is 4.04. The van der Waals surface area contributed by atoms with Crippen LogP contribution < -0.4 is 0 Å². The Labute approximate surface area is 103 Å². The van der Waals surface area contributed by atoms with Gasteiger partial charge in [0.25, 0.3) is 5.24 Å². The van der Waals surface area contributed by atoms with Crippen LogP contribution in [0, 0.1) is 13.8 Å². The third-order valence-corrected chi connectivity index (χ3v) is 3.73. The Morgan fingerprint density at radius 1 is 1.25 bits per heavy atom. The number of aryl methyl sites for hydroxylation is 2. The number of halogens is 1. The molecule has 4 heteroatoms. The van der Waals surface area contributed by atoms with Crippen molar-refractivity contribution in [3.63, 3.8) is 0 Å². The van der Waals surface area contributed by atoms with E-state index in [4.69, 9.17) is 11.6 Å². The molecular weight excluding hydrogens is 242 g/mol. The van der Waals surface area contributed by atoms with Crippen LogP contribution in [0.25, 0.3) is 10.6 Å². The maximum Gasteiger partial charge on any atom is 0.252 e. The first-order valence-corrected chi connectivity index (χ1v) is 6.01. The van der Waals surface area contributed by atoms with Crippen molar-refractivity contribution in [3.05, 3.63) is 40.4 Å². The number of aromatic nitrogens is 1. The lowest BCUT2D eigenvalue weighted by atomic mass is 10.1. The summed E-state index contributed by atoms with van der Waals surface area (Å²) in [6, 6.07) is 7.17. The molecule has 0 aliphatic rings. The highest BCUT2D eigenvalue weighted by Gasteiger charge is 2.07. The molecule has 1 heterocycles. The van der Waals surface area contributed by atoms with Crippen molar-refractivity contribution in [2.24, 2.45) is 0 Å². The normalized spacial score (nSPS) is 10.4. The van der Waals surface area contributed by atoms with Crippen molar-refractivity contribution < 1.29 is 4.79 Å². The molecule has 0 saturated heterocycles. The van der Waals surface area contributed by atoms with Gasteiger partial charge in [-0.05, 0) is 37.6 Å². The summed E-state index contributed by atoms with van der Waals surface area (Å²) in [4.78, 5) is 16.6. The van der Waals surface area contributed by atoms with Crippen molar-refractivity contribution >= 4 is 28.2 Å². The highest BCUT2D eigenvalue weighted by atomic mass is 35.5. The summed E-state index contributed by atoms with van der Waals surface area (Å²) in [5.74, 6) is 0. The number of hydrogen-bond acceptors (Lipinski definition) is 3. The molecule has 0 atom stereocenters. The van der Waals surface area contributed by atoms with Crippen LogP contribution in [-0.2, 0) is 0 Å². The van der Waals surface area contributed by atoms with Gasteiger partial charge in [-0.1, -0.05) is 12.1 Å². The maximum atomic E-state index is 10.9. The number of hydrogen-bond donors (Lipinski definition) is 0. The molecule has 0 aliphatic carbocycles. The van der Waals surface area contributed by atoms with E-state index in [9.17, 15) is 4.79 Å². The fraction of sp³-hybridized carbons (Fsp3) is 0.167. The molecule has 2 aromatic rings. The van der Waals surface area contributed by atoms with E-state index in [0.29, 0.717) is 5.56 Å². The Morgan fingerprint density at radius 3 is 2.31 bits per heavy atom. The van der Waals surface area contributed by atoms with Gasteiger partial charge in [-0.25, -0.2) is 4.98 Å². The van der Waals surface area contributed by atoms with Gasteiger partial charge in [0.15, 0.2) is 0 Å². The number of thiazole rings is 1. The minimum Gasteiger partial charge on any atom is -0.276 e. The molecule has 0 fully saturated rings. The van der Waals surface area contributed by atoms with Crippen LogP contribution in [-0.4, -0.2) is 10.2 Å². The topological polar surface area (TPSA) is 30.0 Å². The second-order valence-corrected chi connectivity index (χ2v) is 5.06. The van der Waals surface area contributed by atoms with E-state index in [0.717, 1.165) is 16.3 Å². The third-order valence-electron chi connectivity index (χ3n) is 2.39. The maximum absolute atomic E-state index is 10.9. The van der Waals surface area contributed by atoms with Crippen LogP contribution in [0.5, 0.6) is 0 Å². The number of carbonyl (C=O) groups excluding carboxylic acids is 1. The van der Waals surface area contributed by atoms with Gasteiger partial charge in [-0.15, -0.1) is 11.3 Å². The van der Waals surface area contributed by atoms with E-state index in [1.165, 1.54) is 4.88 Å². The molecule has 0 amide bonds. The molecule has 0 unspecified atom stereocenters. The second kappa shape index (κ2) is 4.36. The number of nitrogens with zero attached hydrogens (tertiary/aromatic N) is 1. The lowest BCUT2D eigenvalue weighted by Crippen LogP contribution is -1.87. The number of rotatable bonds is 2. The molecule has 0 aliphatic heterocycles. The molecule has 82 valence electrons. The van der Waals surface area contributed by atoms with Crippen molar-refractivity contribution in [3.8, 4) is 10.6 Å². The Bertz CT molecular complexity index is 511. The Balaban J connectivity index is 2.38. The van der Waals surface area contributed by atoms with E-state index < -0.39 is 5.24 Å². The molecule has 1 aromatic heterocycles. The average Bonchev–Trinajstić information content (AvgIpc) is 2.59. The van der Waals surface area contributed by atoms with E-state index >= 15 is 0 Å². The van der Waals surface area contributed by atoms with Gasteiger partial charge in [0.05, 0.1) is 5.69 Å². The van der Waals surface area contributed by atoms with Gasteiger partial charge in [0, 0.05) is 16.0 Å². The first-order chi connectivity index (χ1) is 7.58. The first-order valence-electron chi connectivity index (χ1n) is 4.82. The first kappa shape index (κ1) is 11.3. The molecular formula is C12H10ClNOS. The van der Waals surface area contributed by atoms with Crippen molar-refractivity contribution in [1.29, 1.82) is 0 Å². The van der Waals surface area contributed by atoms with Crippen LogP contribution in [0.15, 0.2) is 24.3 Å². The molecule has 2 rings (SSSR count). The van der Waals surface area contributed by atoms with Gasteiger partial charge in [0.2, 0.25) is 0 Å². The Kier molecular flexibility index (Phi) is 3.08. The van der Waals surface area contributed by atoms with Gasteiger partial charge in [-0.2, -0.15) is 0 Å². The zero-order chi connectivity index (χ0) is 11.7. The fourth-order valence-corrected chi connectivity index (χ4v) is 2.39. The molecule has 0 spiro atoms. The molecule has 0 saturated carbocycles. The number of benzene rings is 1. The van der Waals surface area contributed by atoms with E-state index in [2.05, 4.69) is 4.98 Å². The lowest BCUT2D eigenvalue weighted by Gasteiger charge is -1.97. The van der Waals surface area contributed by atoms with E-state index in [-0.39, 0.29) is 0 Å². The third kappa shape index (κ3) is 2.15. The Hall–Kier alpha value is -1.19. The van der Waals surface area contributed by atoms with Gasteiger partial charge in [0.1, 0.15) is 5.01 Å². The standard InChI is InChI=1S/C12H10ClNOS/c1-7-8(2)16-12(14-7)10-5-3-9(4-6-10)11(13)15/h3-6H,1-2H3. The summed E-state index contributed by atoms with van der Waals surface area (Å²) in [5.41, 5.74) is 2.58. The lowest BCUT2D eigenvalue weighted by molar-refractivity contribution is 0.108. The van der Waals surface area contributed by atoms with Crippen LogP contribution in [0.2, 0.25) is 0 Å². The van der Waals surface area contributed by atoms with Gasteiger partial charge < -0.3 is 0 Å². The number of carbonyl (C=O) groups is 1. The quantitative estimate of drug-likeness (QED) is 0.760. The SMILES string of the molecule is Cc1nc(-c2ccc(C(=O)Cl)cc2)sc1C. The zero-order valence-corrected chi connectivity index (χ0v) is 10.5. The van der Waals surface area contributed by atoms with Crippen molar-refractivity contribution in [2.45, 2.75) is 13.8 Å². The highest BCUT2D eigenvalue weighted by Crippen LogP contribution is 2.27. The summed E-state index contributed by atoms with van der Waals surface area (Å²) in [7, 11) is 0. The zero-order valence-electron chi connectivity index (χ0n) is 8.95. The largest absolute Gasteiger partial charge is 0.276 e. The average molecular weight is 252 g/mol. The highest BCUT2D eigenvalue weighted by molar-refractivity contribution is 7.15. The molecule has 0 bridgehead atoms. The summed E-state index contributed by atoms with van der Waals surface area (Å²) >= 11 is 7.03. The monoisotopic (exact) mass is 251 g/mol. The van der Waals surface area contributed by atoms with Crippen molar-refractivity contribution in [2.75, 3.05) is 0 Å². The summed E-state index contributed by atoms with van der Waals surface area (Å²) < 4.78 is 0. The smallest absolute Gasteiger partial charge is 0.252 e. The van der Waals surface area contributed by atoms with Crippen LogP contribution in [0.4, 0.5) is 0 Å². The molecule has 1 aromatic carbocycles. The van der Waals surface area contributed by atoms with Crippen LogP contribution in [0.3, 0.4) is 0 Å². The van der Waals surface area contributed by atoms with Crippen molar-refractivity contribution in [1.82, 2.24) is 4.98 Å². The molecule has 0 N–H and O–H groups in total. The molecule has 16 heavy (non-hydrogen) atoms. The second-order valence-electron chi connectivity index (χ2n) is 3.51. The van der Waals surface area contributed by atoms with Gasteiger partial charge >= 0.3 is 0 Å². The fourth-order valence-electron chi connectivity index (χ4n) is 1.34. The summed E-state index contributed by atoms with van der Waals surface area (Å²) in [5, 5.41) is 0.543. The minimum atomic E-state index is -0.432.